The van der Waals surface area contributed by atoms with Crippen LogP contribution in [0.15, 0.2) is 48.5 Å². The number of aliphatic hydroxyl groups is 1. The van der Waals surface area contributed by atoms with E-state index in [0.717, 1.165) is 0 Å². The molecule has 0 fully saturated rings. The summed E-state index contributed by atoms with van der Waals surface area (Å²) in [4.78, 5) is 12.0. The molecule has 6 nitrogen and oxygen atoms in total. The van der Waals surface area contributed by atoms with Gasteiger partial charge in [0.05, 0.1) is 24.3 Å². The molecular weight excluding hydrogens is 330 g/mol. The molecule has 1 atom stereocenters. The second kappa shape index (κ2) is 9.44. The highest BCUT2D eigenvalue weighted by Gasteiger charge is 2.13. The van der Waals surface area contributed by atoms with Crippen molar-refractivity contribution in [2.24, 2.45) is 5.92 Å². The standard InChI is InChI=1S/C20H23N3O3/c1-14(2)11-17(13-24)23-20(25)22-16-5-9-19(10-6-16)26-18-7-3-15(12-21)4-8-18/h3-10,14,17,24H,11,13H2,1-2H3,(H2,22,23,25). The van der Waals surface area contributed by atoms with Crippen molar-refractivity contribution in [2.45, 2.75) is 26.3 Å². The lowest BCUT2D eigenvalue weighted by Crippen LogP contribution is -2.40. The van der Waals surface area contributed by atoms with E-state index in [4.69, 9.17) is 10.00 Å². The highest BCUT2D eigenvalue weighted by atomic mass is 16.5. The van der Waals surface area contributed by atoms with E-state index in [1.54, 1.807) is 48.5 Å². The number of ether oxygens (including phenoxy) is 1. The van der Waals surface area contributed by atoms with E-state index in [-0.39, 0.29) is 18.7 Å². The molecule has 0 saturated heterocycles. The summed E-state index contributed by atoms with van der Waals surface area (Å²) in [6.45, 7) is 3.98. The van der Waals surface area contributed by atoms with E-state index in [2.05, 4.69) is 16.7 Å². The summed E-state index contributed by atoms with van der Waals surface area (Å²) in [5.74, 6) is 1.63. The summed E-state index contributed by atoms with van der Waals surface area (Å²) in [5, 5.41) is 23.6. The molecule has 2 aromatic rings. The number of amides is 2. The zero-order chi connectivity index (χ0) is 18.9. The van der Waals surface area contributed by atoms with Gasteiger partial charge in [-0.25, -0.2) is 4.79 Å². The predicted molar refractivity (Wildman–Crippen MR) is 100 cm³/mol. The summed E-state index contributed by atoms with van der Waals surface area (Å²) in [6, 6.07) is 15.2. The molecule has 0 heterocycles. The smallest absolute Gasteiger partial charge is 0.319 e. The van der Waals surface area contributed by atoms with Crippen molar-refractivity contribution in [3.8, 4) is 17.6 Å². The van der Waals surface area contributed by atoms with Crippen LogP contribution in [0.4, 0.5) is 10.5 Å². The van der Waals surface area contributed by atoms with Crippen LogP contribution in [0, 0.1) is 17.2 Å². The first kappa shape index (κ1) is 19.3. The lowest BCUT2D eigenvalue weighted by atomic mass is 10.0. The van der Waals surface area contributed by atoms with Gasteiger partial charge in [0.1, 0.15) is 11.5 Å². The van der Waals surface area contributed by atoms with Crippen LogP contribution in [0.5, 0.6) is 11.5 Å². The van der Waals surface area contributed by atoms with Gasteiger partial charge < -0.3 is 20.5 Å². The average molecular weight is 353 g/mol. The Bertz CT molecular complexity index is 749. The largest absolute Gasteiger partial charge is 0.457 e. The first-order valence-corrected chi connectivity index (χ1v) is 8.46. The Hall–Kier alpha value is -3.04. The molecule has 136 valence electrons. The van der Waals surface area contributed by atoms with Gasteiger partial charge in [0.25, 0.3) is 0 Å². The number of carbonyl (C=O) groups excluding carboxylic acids is 1. The number of carbonyl (C=O) groups is 1. The van der Waals surface area contributed by atoms with Gasteiger partial charge in [-0.15, -0.1) is 0 Å². The van der Waals surface area contributed by atoms with Crippen LogP contribution in [0.25, 0.3) is 0 Å². The minimum Gasteiger partial charge on any atom is -0.457 e. The van der Waals surface area contributed by atoms with Crippen molar-refractivity contribution in [3.05, 3.63) is 54.1 Å². The average Bonchev–Trinajstić information content (AvgIpc) is 2.63. The molecule has 0 aliphatic heterocycles. The van der Waals surface area contributed by atoms with Crippen LogP contribution in [0.2, 0.25) is 0 Å². The van der Waals surface area contributed by atoms with E-state index in [1.807, 2.05) is 13.8 Å². The zero-order valence-corrected chi connectivity index (χ0v) is 14.9. The van der Waals surface area contributed by atoms with Crippen molar-refractivity contribution >= 4 is 11.7 Å². The van der Waals surface area contributed by atoms with Crippen LogP contribution in [0.1, 0.15) is 25.8 Å². The van der Waals surface area contributed by atoms with Crippen molar-refractivity contribution in [3.63, 3.8) is 0 Å². The van der Waals surface area contributed by atoms with Gasteiger partial charge in [-0.05, 0) is 60.9 Å². The third-order valence-electron chi connectivity index (χ3n) is 3.64. The fourth-order valence-electron chi connectivity index (χ4n) is 2.44. The molecule has 0 radical (unpaired) electrons. The Labute approximate surface area is 153 Å². The second-order valence-electron chi connectivity index (χ2n) is 6.37. The number of benzene rings is 2. The molecule has 2 amide bonds. The summed E-state index contributed by atoms with van der Waals surface area (Å²) in [5.41, 5.74) is 1.19. The van der Waals surface area contributed by atoms with Crippen LogP contribution >= 0.6 is 0 Å². The molecule has 6 heteroatoms. The maximum absolute atomic E-state index is 12.0. The second-order valence-corrected chi connectivity index (χ2v) is 6.37. The summed E-state index contributed by atoms with van der Waals surface area (Å²) < 4.78 is 5.69. The Balaban J connectivity index is 1.90. The Kier molecular flexibility index (Phi) is 7.01. The number of nitrogens with zero attached hydrogens (tertiary/aromatic N) is 1. The predicted octanol–water partition coefficient (Wildman–Crippen LogP) is 3.88. The molecule has 0 saturated carbocycles. The number of nitriles is 1. The molecule has 0 spiro atoms. The lowest BCUT2D eigenvalue weighted by molar-refractivity contribution is 0.214. The van der Waals surface area contributed by atoms with E-state index in [0.29, 0.717) is 35.1 Å². The van der Waals surface area contributed by atoms with Crippen molar-refractivity contribution in [2.75, 3.05) is 11.9 Å². The van der Waals surface area contributed by atoms with Crippen LogP contribution in [-0.4, -0.2) is 23.8 Å². The molecular formula is C20H23N3O3. The molecule has 2 rings (SSSR count). The number of anilines is 1. The number of hydrogen-bond acceptors (Lipinski definition) is 4. The van der Waals surface area contributed by atoms with E-state index >= 15 is 0 Å². The van der Waals surface area contributed by atoms with Gasteiger partial charge in [-0.1, -0.05) is 13.8 Å². The van der Waals surface area contributed by atoms with Gasteiger partial charge >= 0.3 is 6.03 Å². The number of rotatable bonds is 7. The molecule has 0 aliphatic rings. The first-order chi connectivity index (χ1) is 12.5. The Morgan fingerprint density at radius 3 is 2.19 bits per heavy atom. The third kappa shape index (κ3) is 6.11. The van der Waals surface area contributed by atoms with Crippen LogP contribution in [-0.2, 0) is 0 Å². The topological polar surface area (TPSA) is 94.4 Å². The Morgan fingerprint density at radius 1 is 1.12 bits per heavy atom. The van der Waals surface area contributed by atoms with Crippen molar-refractivity contribution < 1.29 is 14.6 Å². The SMILES string of the molecule is CC(C)CC(CO)NC(=O)Nc1ccc(Oc2ccc(C#N)cc2)cc1. The normalized spacial score (nSPS) is 11.5. The number of hydrogen-bond donors (Lipinski definition) is 3. The van der Waals surface area contributed by atoms with Crippen LogP contribution in [0.3, 0.4) is 0 Å². The minimum atomic E-state index is -0.356. The van der Waals surface area contributed by atoms with Crippen molar-refractivity contribution in [1.29, 1.82) is 5.26 Å². The van der Waals surface area contributed by atoms with Crippen molar-refractivity contribution in [1.82, 2.24) is 5.32 Å². The molecule has 26 heavy (non-hydrogen) atoms. The fraction of sp³-hybridized carbons (Fsp3) is 0.300. The summed E-state index contributed by atoms with van der Waals surface area (Å²) >= 11 is 0. The number of nitrogens with one attached hydrogen (secondary N) is 2. The number of aliphatic hydroxyl groups excluding tert-OH is 1. The fourth-order valence-corrected chi connectivity index (χ4v) is 2.44. The minimum absolute atomic E-state index is 0.0943. The van der Waals surface area contributed by atoms with Gasteiger partial charge in [-0.3, -0.25) is 0 Å². The quantitative estimate of drug-likeness (QED) is 0.704. The summed E-state index contributed by atoms with van der Waals surface area (Å²) in [7, 11) is 0. The molecule has 1 unspecified atom stereocenters. The van der Waals surface area contributed by atoms with E-state index in [1.165, 1.54) is 0 Å². The first-order valence-electron chi connectivity index (χ1n) is 8.46. The van der Waals surface area contributed by atoms with Gasteiger partial charge in [0.2, 0.25) is 0 Å². The maximum atomic E-state index is 12.0. The molecule has 0 aromatic heterocycles. The molecule has 0 aliphatic carbocycles. The lowest BCUT2D eigenvalue weighted by Gasteiger charge is -2.18. The monoisotopic (exact) mass is 353 g/mol. The van der Waals surface area contributed by atoms with E-state index in [9.17, 15) is 9.90 Å². The van der Waals surface area contributed by atoms with Gasteiger partial charge in [0.15, 0.2) is 0 Å². The Morgan fingerprint density at radius 2 is 1.69 bits per heavy atom. The third-order valence-corrected chi connectivity index (χ3v) is 3.64. The molecule has 3 N–H and O–H groups in total. The van der Waals surface area contributed by atoms with E-state index < -0.39 is 0 Å². The zero-order valence-electron chi connectivity index (χ0n) is 14.9. The highest BCUT2D eigenvalue weighted by Crippen LogP contribution is 2.23. The van der Waals surface area contributed by atoms with Crippen LogP contribution < -0.4 is 15.4 Å². The van der Waals surface area contributed by atoms with Gasteiger partial charge in [0, 0.05) is 5.69 Å². The number of urea groups is 1. The molecule has 0 bridgehead atoms. The molecule has 2 aromatic carbocycles. The summed E-state index contributed by atoms with van der Waals surface area (Å²) in [6.07, 6.45) is 0.710. The van der Waals surface area contributed by atoms with Gasteiger partial charge in [-0.2, -0.15) is 5.26 Å². The highest BCUT2D eigenvalue weighted by molar-refractivity contribution is 5.89. The maximum Gasteiger partial charge on any atom is 0.319 e.